The lowest BCUT2D eigenvalue weighted by Crippen LogP contribution is -2.19. The summed E-state index contributed by atoms with van der Waals surface area (Å²) in [6.45, 7) is 2.96. The van der Waals surface area contributed by atoms with Crippen LogP contribution in [0.5, 0.6) is 5.75 Å². The van der Waals surface area contributed by atoms with E-state index in [4.69, 9.17) is 4.74 Å². The molecule has 1 unspecified atom stereocenters. The first kappa shape index (κ1) is 15.5. The maximum Gasteiger partial charge on any atom is 0.119 e. The third kappa shape index (κ3) is 4.87. The maximum absolute atomic E-state index is 5.70. The molecule has 0 saturated carbocycles. The van der Waals surface area contributed by atoms with Crippen molar-refractivity contribution >= 4 is 0 Å². The van der Waals surface area contributed by atoms with Crippen molar-refractivity contribution in [1.29, 1.82) is 0 Å². The number of nitrogens with one attached hydrogen (secondary N) is 1. The highest BCUT2D eigenvalue weighted by molar-refractivity contribution is 5.30. The van der Waals surface area contributed by atoms with E-state index in [1.807, 2.05) is 37.5 Å². The zero-order valence-corrected chi connectivity index (χ0v) is 12.9. The van der Waals surface area contributed by atoms with Crippen molar-refractivity contribution in [3.8, 4) is 5.75 Å². The van der Waals surface area contributed by atoms with E-state index in [-0.39, 0.29) is 6.04 Å². The van der Waals surface area contributed by atoms with E-state index < -0.39 is 0 Å². The Kier molecular flexibility index (Phi) is 6.22. The van der Waals surface area contributed by atoms with Gasteiger partial charge in [0.15, 0.2) is 0 Å². The van der Waals surface area contributed by atoms with Gasteiger partial charge in [-0.3, -0.25) is 4.98 Å². The number of nitrogens with zero attached hydrogens (tertiary/aromatic N) is 1. The van der Waals surface area contributed by atoms with Crippen molar-refractivity contribution in [2.24, 2.45) is 0 Å². The van der Waals surface area contributed by atoms with E-state index in [1.54, 1.807) is 0 Å². The molecule has 21 heavy (non-hydrogen) atoms. The van der Waals surface area contributed by atoms with Gasteiger partial charge in [-0.15, -0.1) is 0 Å². The van der Waals surface area contributed by atoms with E-state index in [9.17, 15) is 0 Å². The van der Waals surface area contributed by atoms with Crippen LogP contribution in [-0.4, -0.2) is 18.6 Å². The number of likely N-dealkylation sites (N-methyl/N-ethyl adjacent to an activating group) is 1. The molecular weight excluding hydrogens is 260 g/mol. The van der Waals surface area contributed by atoms with Crippen molar-refractivity contribution in [3.63, 3.8) is 0 Å². The number of pyridine rings is 1. The smallest absolute Gasteiger partial charge is 0.119 e. The van der Waals surface area contributed by atoms with E-state index in [1.165, 1.54) is 5.56 Å². The summed E-state index contributed by atoms with van der Waals surface area (Å²) in [7, 11) is 1.99. The molecule has 1 heterocycles. The fraction of sp³-hybridized carbons (Fsp3) is 0.389. The van der Waals surface area contributed by atoms with Crippen LogP contribution in [-0.2, 0) is 6.42 Å². The van der Waals surface area contributed by atoms with Gasteiger partial charge in [0.2, 0.25) is 0 Å². The molecule has 0 bridgehead atoms. The third-order valence-electron chi connectivity index (χ3n) is 3.54. The van der Waals surface area contributed by atoms with Gasteiger partial charge in [-0.25, -0.2) is 0 Å². The van der Waals surface area contributed by atoms with Crippen LogP contribution in [0, 0.1) is 0 Å². The Hall–Kier alpha value is -1.87. The summed E-state index contributed by atoms with van der Waals surface area (Å²) < 4.78 is 5.70. The molecule has 0 saturated heterocycles. The Bertz CT molecular complexity index is 511. The molecule has 1 N–H and O–H groups in total. The predicted octanol–water partition coefficient (Wildman–Crippen LogP) is 3.76. The van der Waals surface area contributed by atoms with Crippen molar-refractivity contribution in [2.75, 3.05) is 13.7 Å². The second kappa shape index (κ2) is 8.42. The fourth-order valence-electron chi connectivity index (χ4n) is 2.25. The molecule has 0 aliphatic carbocycles. The minimum Gasteiger partial charge on any atom is -0.494 e. The highest BCUT2D eigenvalue weighted by Crippen LogP contribution is 2.20. The Balaban J connectivity index is 1.98. The van der Waals surface area contributed by atoms with Gasteiger partial charge in [-0.05, 0) is 43.3 Å². The van der Waals surface area contributed by atoms with E-state index in [0.29, 0.717) is 0 Å². The Morgan fingerprint density at radius 3 is 2.57 bits per heavy atom. The standard InChI is InChI=1S/C18H24N2O/c1-3-4-13-21-17-10-8-15(9-11-17)18(19-2)14-16-7-5-6-12-20-16/h5-12,18-19H,3-4,13-14H2,1-2H3. The normalized spacial score (nSPS) is 12.1. The number of ether oxygens (including phenoxy) is 1. The Labute approximate surface area is 127 Å². The lowest BCUT2D eigenvalue weighted by Gasteiger charge is -2.17. The van der Waals surface area contributed by atoms with Gasteiger partial charge in [0.05, 0.1) is 6.61 Å². The van der Waals surface area contributed by atoms with Crippen LogP contribution in [0.15, 0.2) is 48.7 Å². The molecule has 0 aliphatic rings. The largest absolute Gasteiger partial charge is 0.494 e. The molecule has 2 rings (SSSR count). The van der Waals surface area contributed by atoms with Crippen LogP contribution in [0.4, 0.5) is 0 Å². The van der Waals surface area contributed by atoms with Crippen LogP contribution in [0.25, 0.3) is 0 Å². The van der Waals surface area contributed by atoms with Crippen LogP contribution in [0.3, 0.4) is 0 Å². The third-order valence-corrected chi connectivity index (χ3v) is 3.54. The number of hydrogen-bond donors (Lipinski definition) is 1. The molecule has 0 radical (unpaired) electrons. The Morgan fingerprint density at radius 1 is 1.14 bits per heavy atom. The highest BCUT2D eigenvalue weighted by Gasteiger charge is 2.10. The summed E-state index contributed by atoms with van der Waals surface area (Å²) in [5.41, 5.74) is 2.35. The molecular formula is C18H24N2O. The van der Waals surface area contributed by atoms with E-state index in [2.05, 4.69) is 35.4 Å². The van der Waals surface area contributed by atoms with Gasteiger partial charge >= 0.3 is 0 Å². The van der Waals surface area contributed by atoms with Gasteiger partial charge in [0, 0.05) is 24.4 Å². The summed E-state index contributed by atoms with van der Waals surface area (Å²) in [6, 6.07) is 14.7. The van der Waals surface area contributed by atoms with Gasteiger partial charge < -0.3 is 10.1 Å². The number of rotatable bonds is 8. The molecule has 0 aliphatic heterocycles. The van der Waals surface area contributed by atoms with Crippen molar-refractivity contribution < 1.29 is 4.74 Å². The van der Waals surface area contributed by atoms with Gasteiger partial charge in [-0.2, -0.15) is 0 Å². The van der Waals surface area contributed by atoms with Crippen molar-refractivity contribution in [1.82, 2.24) is 10.3 Å². The van der Waals surface area contributed by atoms with Crippen LogP contribution < -0.4 is 10.1 Å². The molecule has 0 amide bonds. The molecule has 1 atom stereocenters. The summed E-state index contributed by atoms with van der Waals surface area (Å²) in [4.78, 5) is 4.39. The molecule has 3 heteroatoms. The zero-order chi connectivity index (χ0) is 14.9. The molecule has 3 nitrogen and oxygen atoms in total. The minimum absolute atomic E-state index is 0.268. The van der Waals surface area contributed by atoms with E-state index in [0.717, 1.165) is 37.3 Å². The molecule has 0 fully saturated rings. The summed E-state index contributed by atoms with van der Waals surface area (Å²) in [5.74, 6) is 0.944. The first-order chi connectivity index (χ1) is 10.3. The van der Waals surface area contributed by atoms with Crippen molar-refractivity contribution in [3.05, 3.63) is 59.9 Å². The van der Waals surface area contributed by atoms with Crippen molar-refractivity contribution in [2.45, 2.75) is 32.2 Å². The number of benzene rings is 1. The fourth-order valence-corrected chi connectivity index (χ4v) is 2.25. The Morgan fingerprint density at radius 2 is 1.95 bits per heavy atom. The first-order valence-electron chi connectivity index (χ1n) is 7.63. The summed E-state index contributed by atoms with van der Waals surface area (Å²) >= 11 is 0. The molecule has 0 spiro atoms. The van der Waals surface area contributed by atoms with Crippen LogP contribution in [0.2, 0.25) is 0 Å². The first-order valence-corrected chi connectivity index (χ1v) is 7.63. The second-order valence-electron chi connectivity index (χ2n) is 5.14. The lowest BCUT2D eigenvalue weighted by atomic mass is 10.0. The maximum atomic E-state index is 5.70. The van der Waals surface area contributed by atoms with Gasteiger partial charge in [0.25, 0.3) is 0 Å². The topological polar surface area (TPSA) is 34.1 Å². The molecule has 1 aromatic heterocycles. The number of aromatic nitrogens is 1. The van der Waals surface area contributed by atoms with E-state index >= 15 is 0 Å². The predicted molar refractivity (Wildman–Crippen MR) is 86.6 cm³/mol. The lowest BCUT2D eigenvalue weighted by molar-refractivity contribution is 0.309. The molecule has 2 aromatic rings. The minimum atomic E-state index is 0.268. The summed E-state index contributed by atoms with van der Waals surface area (Å²) in [6.07, 6.45) is 4.98. The number of unbranched alkanes of at least 4 members (excludes halogenated alkanes) is 1. The average Bonchev–Trinajstić information content (AvgIpc) is 2.55. The average molecular weight is 284 g/mol. The number of hydrogen-bond acceptors (Lipinski definition) is 3. The zero-order valence-electron chi connectivity index (χ0n) is 12.9. The quantitative estimate of drug-likeness (QED) is 0.749. The second-order valence-corrected chi connectivity index (χ2v) is 5.14. The van der Waals surface area contributed by atoms with Gasteiger partial charge in [-0.1, -0.05) is 31.5 Å². The van der Waals surface area contributed by atoms with Gasteiger partial charge in [0.1, 0.15) is 5.75 Å². The van der Waals surface area contributed by atoms with Crippen LogP contribution >= 0.6 is 0 Å². The molecule has 112 valence electrons. The molecule has 1 aromatic carbocycles. The monoisotopic (exact) mass is 284 g/mol. The highest BCUT2D eigenvalue weighted by atomic mass is 16.5. The SMILES string of the molecule is CCCCOc1ccc(C(Cc2ccccn2)NC)cc1. The summed E-state index contributed by atoms with van der Waals surface area (Å²) in [5, 5.41) is 3.36. The van der Waals surface area contributed by atoms with Crippen LogP contribution in [0.1, 0.15) is 37.1 Å².